The molecule has 5 nitrogen and oxygen atoms in total. The number of nitrogens with two attached hydrogens (primary N) is 1. The molecule has 20 heavy (non-hydrogen) atoms. The van der Waals surface area contributed by atoms with Crippen molar-refractivity contribution in [3.05, 3.63) is 35.9 Å². The largest absolute Gasteiger partial charge is 0.389 e. The minimum absolute atomic E-state index is 0.0474. The van der Waals surface area contributed by atoms with Gasteiger partial charge < -0.3 is 16.0 Å². The molecule has 1 amide bonds. The van der Waals surface area contributed by atoms with Gasteiger partial charge in [-0.15, -0.1) is 0 Å². The second-order valence-electron chi connectivity index (χ2n) is 4.58. The molecule has 0 atom stereocenters. The van der Waals surface area contributed by atoms with E-state index >= 15 is 0 Å². The highest BCUT2D eigenvalue weighted by molar-refractivity contribution is 7.80. The van der Waals surface area contributed by atoms with Crippen LogP contribution in [0.4, 0.5) is 5.82 Å². The number of carbonyl (C=O) groups is 1. The van der Waals surface area contributed by atoms with Crippen molar-refractivity contribution in [1.82, 2.24) is 9.88 Å². The van der Waals surface area contributed by atoms with Gasteiger partial charge in [-0.05, 0) is 12.1 Å². The third-order valence-electron chi connectivity index (χ3n) is 2.90. The van der Waals surface area contributed by atoms with Gasteiger partial charge in [-0.3, -0.25) is 4.79 Å². The quantitative estimate of drug-likeness (QED) is 0.831. The fourth-order valence-electron chi connectivity index (χ4n) is 1.76. The number of benzene rings is 1. The Hall–Kier alpha value is -2.21. The highest BCUT2D eigenvalue weighted by Crippen LogP contribution is 2.20. The number of anilines is 1. The van der Waals surface area contributed by atoms with Gasteiger partial charge in [0.15, 0.2) is 0 Å². The van der Waals surface area contributed by atoms with E-state index in [9.17, 15) is 4.79 Å². The lowest BCUT2D eigenvalue weighted by Crippen LogP contribution is -2.29. The molecule has 0 aliphatic heterocycles. The topological polar surface area (TPSA) is 71.2 Å². The first-order valence-corrected chi connectivity index (χ1v) is 6.53. The molecule has 6 heteroatoms. The third kappa shape index (κ3) is 3.03. The van der Waals surface area contributed by atoms with Gasteiger partial charge in [0, 0.05) is 19.5 Å². The monoisotopic (exact) mass is 288 g/mol. The average Bonchev–Trinajstić information content (AvgIpc) is 2.43. The van der Waals surface area contributed by atoms with Gasteiger partial charge in [-0.2, -0.15) is 0 Å². The second-order valence-corrected chi connectivity index (χ2v) is 5.02. The van der Waals surface area contributed by atoms with E-state index in [2.05, 4.69) is 10.3 Å². The highest BCUT2D eigenvalue weighted by Gasteiger charge is 2.11. The van der Waals surface area contributed by atoms with Crippen molar-refractivity contribution < 1.29 is 4.79 Å². The molecule has 0 spiro atoms. The van der Waals surface area contributed by atoms with Crippen molar-refractivity contribution in [3.8, 4) is 0 Å². The summed E-state index contributed by atoms with van der Waals surface area (Å²) >= 11 is 5.05. The zero-order chi connectivity index (χ0) is 14.7. The van der Waals surface area contributed by atoms with Crippen LogP contribution in [-0.4, -0.2) is 41.4 Å². The predicted molar refractivity (Wildman–Crippen MR) is 84.8 cm³/mol. The predicted octanol–water partition coefficient (Wildman–Crippen LogP) is 1.37. The summed E-state index contributed by atoms with van der Waals surface area (Å²) in [4.78, 5) is 17.9. The van der Waals surface area contributed by atoms with Gasteiger partial charge in [0.05, 0.1) is 17.6 Å². The van der Waals surface area contributed by atoms with Crippen LogP contribution in [0.3, 0.4) is 0 Å². The van der Waals surface area contributed by atoms with E-state index in [4.69, 9.17) is 18.0 Å². The molecule has 2 aromatic rings. The maximum Gasteiger partial charge on any atom is 0.241 e. The number of fused-ring (bicyclic) bond motifs is 1. The lowest BCUT2D eigenvalue weighted by molar-refractivity contribution is -0.126. The van der Waals surface area contributed by atoms with Crippen molar-refractivity contribution in [2.45, 2.75) is 0 Å². The maximum absolute atomic E-state index is 11.6. The van der Waals surface area contributed by atoms with Gasteiger partial charge in [0.1, 0.15) is 10.8 Å². The summed E-state index contributed by atoms with van der Waals surface area (Å²) < 4.78 is 0. The number of pyridine rings is 1. The lowest BCUT2D eigenvalue weighted by Gasteiger charge is -2.14. The highest BCUT2D eigenvalue weighted by atomic mass is 32.1. The number of carbonyl (C=O) groups excluding carboxylic acids is 1. The summed E-state index contributed by atoms with van der Waals surface area (Å²) in [6.07, 6.45) is 0. The van der Waals surface area contributed by atoms with Crippen molar-refractivity contribution in [2.75, 3.05) is 26.0 Å². The zero-order valence-corrected chi connectivity index (χ0v) is 12.2. The molecule has 0 radical (unpaired) electrons. The van der Waals surface area contributed by atoms with E-state index in [0.29, 0.717) is 11.4 Å². The number of rotatable bonds is 4. The van der Waals surface area contributed by atoms with Crippen LogP contribution in [0, 0.1) is 0 Å². The van der Waals surface area contributed by atoms with Crippen LogP contribution in [0.15, 0.2) is 30.3 Å². The second kappa shape index (κ2) is 5.83. The van der Waals surface area contributed by atoms with E-state index < -0.39 is 0 Å². The molecule has 0 aliphatic carbocycles. The number of nitrogens with zero attached hydrogens (tertiary/aromatic N) is 2. The van der Waals surface area contributed by atoms with Gasteiger partial charge >= 0.3 is 0 Å². The number of nitrogens with one attached hydrogen (secondary N) is 1. The molecule has 0 unspecified atom stereocenters. The summed E-state index contributed by atoms with van der Waals surface area (Å²) in [5.41, 5.74) is 7.20. The van der Waals surface area contributed by atoms with E-state index in [0.717, 1.165) is 10.9 Å². The molecule has 1 heterocycles. The normalized spacial score (nSPS) is 10.3. The molecule has 2 rings (SSSR count). The Labute approximate surface area is 122 Å². The minimum Gasteiger partial charge on any atom is -0.389 e. The maximum atomic E-state index is 11.6. The van der Waals surface area contributed by atoms with Gasteiger partial charge in [-0.1, -0.05) is 30.4 Å². The van der Waals surface area contributed by atoms with Crippen LogP contribution in [0.2, 0.25) is 0 Å². The van der Waals surface area contributed by atoms with Crippen LogP contribution < -0.4 is 11.1 Å². The summed E-state index contributed by atoms with van der Waals surface area (Å²) in [5, 5.41) is 3.96. The van der Waals surface area contributed by atoms with Crippen LogP contribution in [-0.2, 0) is 4.79 Å². The first-order valence-electron chi connectivity index (χ1n) is 6.12. The number of aromatic nitrogens is 1. The smallest absolute Gasteiger partial charge is 0.241 e. The van der Waals surface area contributed by atoms with Crippen molar-refractivity contribution >= 4 is 39.8 Å². The Bertz CT molecular complexity index is 669. The molecule has 3 N–H and O–H groups in total. The summed E-state index contributed by atoms with van der Waals surface area (Å²) in [6, 6.07) is 9.56. The number of hydrogen-bond donors (Lipinski definition) is 2. The Morgan fingerprint density at radius 1 is 1.40 bits per heavy atom. The van der Waals surface area contributed by atoms with E-state index in [-0.39, 0.29) is 17.4 Å². The SMILES string of the molecule is CN(C)C(=O)CNc1nc2ccccc2cc1C(N)=S. The molecule has 1 aromatic heterocycles. The lowest BCUT2D eigenvalue weighted by atomic mass is 10.1. The van der Waals surface area contributed by atoms with Gasteiger partial charge in [0.2, 0.25) is 5.91 Å². The molecule has 0 saturated heterocycles. The summed E-state index contributed by atoms with van der Waals surface area (Å²) in [7, 11) is 3.40. The van der Waals surface area contributed by atoms with E-state index in [1.165, 1.54) is 4.90 Å². The first-order chi connectivity index (χ1) is 9.49. The summed E-state index contributed by atoms with van der Waals surface area (Å²) in [6.45, 7) is 0.147. The van der Waals surface area contributed by atoms with Crippen LogP contribution in [0.1, 0.15) is 5.56 Å². The number of hydrogen-bond acceptors (Lipinski definition) is 4. The van der Waals surface area contributed by atoms with Gasteiger partial charge in [-0.25, -0.2) is 4.98 Å². The Kier molecular flexibility index (Phi) is 4.14. The third-order valence-corrected chi connectivity index (χ3v) is 3.12. The Morgan fingerprint density at radius 2 is 2.10 bits per heavy atom. The molecule has 0 bridgehead atoms. The average molecular weight is 288 g/mol. The fourth-order valence-corrected chi connectivity index (χ4v) is 1.91. The summed E-state index contributed by atoms with van der Waals surface area (Å²) in [5.74, 6) is 0.486. The molecular formula is C14H16N4OS. The van der Waals surface area contributed by atoms with Crippen molar-refractivity contribution in [3.63, 3.8) is 0 Å². The van der Waals surface area contributed by atoms with E-state index in [1.54, 1.807) is 14.1 Å². The molecule has 104 valence electrons. The Morgan fingerprint density at radius 3 is 2.75 bits per heavy atom. The van der Waals surface area contributed by atoms with Crippen LogP contribution >= 0.6 is 12.2 Å². The van der Waals surface area contributed by atoms with Crippen LogP contribution in [0.25, 0.3) is 10.9 Å². The minimum atomic E-state index is -0.0474. The van der Waals surface area contributed by atoms with Crippen LogP contribution in [0.5, 0.6) is 0 Å². The standard InChI is InChI=1S/C14H16N4OS/c1-18(2)12(19)8-16-14-10(13(15)20)7-9-5-3-4-6-11(9)17-14/h3-7H,8H2,1-2H3,(H2,15,20)(H,16,17). The molecule has 1 aromatic carbocycles. The number of amides is 1. The molecule has 0 fully saturated rings. The van der Waals surface area contributed by atoms with Gasteiger partial charge in [0.25, 0.3) is 0 Å². The molecule has 0 saturated carbocycles. The number of para-hydroxylation sites is 1. The molecule has 0 aliphatic rings. The Balaban J connectivity index is 2.37. The van der Waals surface area contributed by atoms with Crippen molar-refractivity contribution in [2.24, 2.45) is 5.73 Å². The first kappa shape index (κ1) is 14.2. The fraction of sp³-hybridized carbons (Fsp3) is 0.214. The molecular weight excluding hydrogens is 272 g/mol. The number of thiocarbonyl (C=S) groups is 1. The number of likely N-dealkylation sites (N-methyl/N-ethyl adjacent to an activating group) is 1. The van der Waals surface area contributed by atoms with Crippen molar-refractivity contribution in [1.29, 1.82) is 0 Å². The van der Waals surface area contributed by atoms with E-state index in [1.807, 2.05) is 30.3 Å². The zero-order valence-electron chi connectivity index (χ0n) is 11.4.